The molecule has 9 aromatic carbocycles. The molecule has 270 valence electrons. The Balaban J connectivity index is 1.18. The zero-order valence-electron chi connectivity index (χ0n) is 31.2. The molecule has 0 fully saturated rings. The van der Waals surface area contributed by atoms with Crippen LogP contribution >= 0.6 is 11.3 Å². The first kappa shape index (κ1) is 32.7. The monoisotopic (exact) mass is 756 g/mol. The highest BCUT2D eigenvalue weighted by Crippen LogP contribution is 2.46. The first-order valence-corrected chi connectivity index (χ1v) is 20.3. The molecule has 0 atom stereocenters. The minimum absolute atomic E-state index is 0.626. The summed E-state index contributed by atoms with van der Waals surface area (Å²) < 4.78 is 5.09. The van der Waals surface area contributed by atoms with Gasteiger partial charge in [-0.1, -0.05) is 158 Å². The van der Waals surface area contributed by atoms with Crippen LogP contribution in [-0.4, -0.2) is 19.5 Å². The maximum atomic E-state index is 5.12. The third-order valence-electron chi connectivity index (χ3n) is 11.4. The lowest BCUT2D eigenvalue weighted by Gasteiger charge is -2.16. The third kappa shape index (κ3) is 5.18. The fourth-order valence-electron chi connectivity index (χ4n) is 8.75. The van der Waals surface area contributed by atoms with Crippen LogP contribution in [0.5, 0.6) is 0 Å². The maximum Gasteiger partial charge on any atom is 0.164 e. The zero-order chi connectivity index (χ0) is 38.2. The van der Waals surface area contributed by atoms with Crippen LogP contribution in [-0.2, 0) is 0 Å². The Morgan fingerprint density at radius 3 is 1.69 bits per heavy atom. The molecule has 5 heteroatoms. The smallest absolute Gasteiger partial charge is 0.164 e. The van der Waals surface area contributed by atoms with Gasteiger partial charge in [-0.25, -0.2) is 15.0 Å². The van der Waals surface area contributed by atoms with E-state index >= 15 is 0 Å². The molecule has 0 amide bonds. The van der Waals surface area contributed by atoms with Crippen LogP contribution < -0.4 is 0 Å². The number of aromatic nitrogens is 4. The minimum atomic E-state index is 0.626. The number of rotatable bonds is 5. The molecule has 0 saturated carbocycles. The predicted octanol–water partition coefficient (Wildman–Crippen LogP) is 14.3. The fourth-order valence-corrected chi connectivity index (χ4v) is 9.84. The quantitative estimate of drug-likeness (QED) is 0.176. The van der Waals surface area contributed by atoms with Crippen molar-refractivity contribution in [2.75, 3.05) is 0 Å². The molecule has 0 N–H and O–H groups in total. The van der Waals surface area contributed by atoms with Crippen LogP contribution in [0.1, 0.15) is 0 Å². The van der Waals surface area contributed by atoms with Crippen LogP contribution in [0.15, 0.2) is 194 Å². The van der Waals surface area contributed by atoms with Crippen molar-refractivity contribution in [3.63, 3.8) is 0 Å². The summed E-state index contributed by atoms with van der Waals surface area (Å²) in [6.07, 6.45) is 0. The van der Waals surface area contributed by atoms with E-state index in [9.17, 15) is 0 Å². The molecule has 0 spiro atoms. The van der Waals surface area contributed by atoms with Gasteiger partial charge < -0.3 is 4.57 Å². The van der Waals surface area contributed by atoms with E-state index in [-0.39, 0.29) is 0 Å². The van der Waals surface area contributed by atoms with Crippen molar-refractivity contribution in [2.45, 2.75) is 0 Å². The molecule has 4 nitrogen and oxygen atoms in total. The number of benzene rings is 9. The highest BCUT2D eigenvalue weighted by Gasteiger charge is 2.22. The van der Waals surface area contributed by atoms with Crippen LogP contribution in [0.2, 0.25) is 0 Å². The molecule has 12 aromatic rings. The lowest BCUT2D eigenvalue weighted by molar-refractivity contribution is 1.07. The Morgan fingerprint density at radius 1 is 0.328 bits per heavy atom. The normalized spacial score (nSPS) is 11.8. The van der Waals surface area contributed by atoms with Crippen LogP contribution in [0.3, 0.4) is 0 Å². The van der Waals surface area contributed by atoms with Crippen molar-refractivity contribution >= 4 is 74.9 Å². The minimum Gasteiger partial charge on any atom is -0.308 e. The number of fused-ring (bicyclic) bond motifs is 9. The average Bonchev–Trinajstić information content (AvgIpc) is 3.84. The molecule has 12 rings (SSSR count). The van der Waals surface area contributed by atoms with Crippen molar-refractivity contribution in [2.24, 2.45) is 0 Å². The van der Waals surface area contributed by atoms with Crippen molar-refractivity contribution in [3.05, 3.63) is 194 Å². The van der Waals surface area contributed by atoms with Crippen molar-refractivity contribution in [1.29, 1.82) is 0 Å². The van der Waals surface area contributed by atoms with E-state index in [1.807, 2.05) is 47.7 Å². The van der Waals surface area contributed by atoms with Gasteiger partial charge in [0.1, 0.15) is 0 Å². The van der Waals surface area contributed by atoms with Crippen molar-refractivity contribution in [1.82, 2.24) is 19.5 Å². The number of hydrogen-bond donors (Lipinski definition) is 0. The van der Waals surface area contributed by atoms with E-state index in [0.29, 0.717) is 17.5 Å². The second kappa shape index (κ2) is 13.1. The Morgan fingerprint density at radius 2 is 0.931 bits per heavy atom. The highest BCUT2D eigenvalue weighted by molar-refractivity contribution is 7.25. The van der Waals surface area contributed by atoms with E-state index in [4.69, 9.17) is 15.0 Å². The van der Waals surface area contributed by atoms with E-state index < -0.39 is 0 Å². The number of nitrogens with zero attached hydrogens (tertiary/aromatic N) is 4. The summed E-state index contributed by atoms with van der Waals surface area (Å²) in [5, 5.41) is 9.84. The molecule has 0 aliphatic rings. The predicted molar refractivity (Wildman–Crippen MR) is 244 cm³/mol. The van der Waals surface area contributed by atoms with E-state index in [0.717, 1.165) is 22.4 Å². The zero-order valence-corrected chi connectivity index (χ0v) is 32.0. The average molecular weight is 757 g/mol. The lowest BCUT2D eigenvalue weighted by atomic mass is 9.93. The van der Waals surface area contributed by atoms with Gasteiger partial charge in [-0.15, -0.1) is 11.3 Å². The van der Waals surface area contributed by atoms with E-state index in [1.165, 1.54) is 74.6 Å². The summed E-state index contributed by atoms with van der Waals surface area (Å²) in [7, 11) is 0. The van der Waals surface area contributed by atoms with Gasteiger partial charge in [0.2, 0.25) is 0 Å². The van der Waals surface area contributed by atoms with Gasteiger partial charge >= 0.3 is 0 Å². The summed E-state index contributed by atoms with van der Waals surface area (Å²) >= 11 is 1.86. The summed E-state index contributed by atoms with van der Waals surface area (Å²) in [6.45, 7) is 0. The molecule has 0 bridgehead atoms. The lowest BCUT2D eigenvalue weighted by Crippen LogP contribution is -2.01. The molecule has 0 radical (unpaired) electrons. The number of thiophene rings is 1. The molecule has 0 saturated heterocycles. The van der Waals surface area contributed by atoms with Gasteiger partial charge in [0.05, 0.1) is 11.0 Å². The van der Waals surface area contributed by atoms with Crippen molar-refractivity contribution in [3.8, 4) is 51.0 Å². The first-order chi connectivity index (χ1) is 28.7. The molecule has 0 aliphatic carbocycles. The fraction of sp³-hybridized carbons (Fsp3) is 0. The first-order valence-electron chi connectivity index (χ1n) is 19.5. The topological polar surface area (TPSA) is 43.6 Å². The van der Waals surface area contributed by atoms with E-state index in [1.54, 1.807) is 0 Å². The standard InChI is InChI=1S/C53H32N4S/c1-3-15-34(16-4-1)51-54-52(35-17-5-2-6-18-35)56-53(55-51)38-20-13-21-39(30-38)57-49-41-23-10-7-14-33(41)26-28-43(49)45-31-36-19-8-9-22-40(36)48(50(45)57)37-27-29-47-44(32-37)42-24-11-12-25-46(42)58-47/h1-32H. The highest BCUT2D eigenvalue weighted by atomic mass is 32.1. The molecule has 3 aromatic heterocycles. The van der Waals surface area contributed by atoms with Gasteiger partial charge in [-0.05, 0) is 58.1 Å². The molecular formula is C53H32N4S. The van der Waals surface area contributed by atoms with E-state index in [2.05, 4.69) is 162 Å². The molecular weight excluding hydrogens is 725 g/mol. The Hall–Kier alpha value is -7.47. The van der Waals surface area contributed by atoms with Gasteiger partial charge in [-0.3, -0.25) is 0 Å². The van der Waals surface area contributed by atoms with Gasteiger partial charge in [-0.2, -0.15) is 0 Å². The molecule has 0 aliphatic heterocycles. The maximum absolute atomic E-state index is 5.12. The largest absolute Gasteiger partial charge is 0.308 e. The Bertz CT molecular complexity index is 3510. The van der Waals surface area contributed by atoms with Crippen LogP contribution in [0, 0.1) is 0 Å². The Kier molecular flexibility index (Phi) is 7.37. The third-order valence-corrected chi connectivity index (χ3v) is 12.5. The number of hydrogen-bond acceptors (Lipinski definition) is 4. The van der Waals surface area contributed by atoms with Crippen LogP contribution in [0.25, 0.3) is 115 Å². The Labute approximate surface area is 338 Å². The van der Waals surface area contributed by atoms with Crippen LogP contribution in [0.4, 0.5) is 0 Å². The molecule has 3 heterocycles. The summed E-state index contributed by atoms with van der Waals surface area (Å²) in [6, 6.07) is 69.3. The second-order valence-electron chi connectivity index (χ2n) is 14.8. The summed E-state index contributed by atoms with van der Waals surface area (Å²) in [5.41, 5.74) is 8.60. The van der Waals surface area contributed by atoms with Gasteiger partial charge in [0.25, 0.3) is 0 Å². The second-order valence-corrected chi connectivity index (χ2v) is 15.9. The summed E-state index contributed by atoms with van der Waals surface area (Å²) in [4.78, 5) is 15.2. The van der Waals surface area contributed by atoms with Gasteiger partial charge in [0, 0.05) is 64.3 Å². The summed E-state index contributed by atoms with van der Waals surface area (Å²) in [5.74, 6) is 1.91. The molecule has 58 heavy (non-hydrogen) atoms. The van der Waals surface area contributed by atoms with Crippen molar-refractivity contribution < 1.29 is 0 Å². The molecule has 0 unspecified atom stereocenters. The van der Waals surface area contributed by atoms with Gasteiger partial charge in [0.15, 0.2) is 17.5 Å². The SMILES string of the molecule is c1ccc(-c2nc(-c3ccccc3)nc(-c3cccc(-n4c5c(-c6ccc7sc8ccccc8c7c6)c6ccccc6cc5c5ccc6ccccc6c54)c3)n2)cc1.